The van der Waals surface area contributed by atoms with Crippen LogP contribution < -0.4 is 0 Å². The lowest BCUT2D eigenvalue weighted by Crippen LogP contribution is -2.06. The van der Waals surface area contributed by atoms with Crippen LogP contribution in [0.3, 0.4) is 0 Å². The summed E-state index contributed by atoms with van der Waals surface area (Å²) in [6, 6.07) is 14.5. The fourth-order valence-electron chi connectivity index (χ4n) is 3.87. The number of fused-ring (bicyclic) bond motifs is 1. The largest absolute Gasteiger partial charge is 0.469 e. The minimum absolute atomic E-state index is 0.274. The number of aliphatic hydroxyl groups is 1. The van der Waals surface area contributed by atoms with E-state index < -0.39 is 6.10 Å². The number of carbonyl (C=O) groups is 1. The molecule has 0 amide bonds. The number of hydrogen-bond acceptors (Lipinski definition) is 4. The first-order valence-corrected chi connectivity index (χ1v) is 10.7. The molecule has 1 aliphatic rings. The van der Waals surface area contributed by atoms with E-state index in [1.54, 1.807) is 18.2 Å². The predicted molar refractivity (Wildman–Crippen MR) is 120 cm³/mol. The Labute approximate surface area is 181 Å². The summed E-state index contributed by atoms with van der Waals surface area (Å²) in [5, 5.41) is 11.4. The topological polar surface area (TPSA) is 59.4 Å². The second kappa shape index (κ2) is 9.40. The lowest BCUT2D eigenvalue weighted by atomic mass is 9.92. The summed E-state index contributed by atoms with van der Waals surface area (Å²) in [6.45, 7) is 0. The smallest absolute Gasteiger partial charge is 0.305 e. The molecule has 1 N–H and O–H groups in total. The maximum atomic E-state index is 13.6. The Bertz CT molecular complexity index is 1100. The van der Waals surface area contributed by atoms with Crippen LogP contribution in [0.2, 0.25) is 0 Å². The van der Waals surface area contributed by atoms with E-state index in [2.05, 4.69) is 4.74 Å². The molecule has 0 radical (unpaired) electrons. The summed E-state index contributed by atoms with van der Waals surface area (Å²) in [4.78, 5) is 16.2. The summed E-state index contributed by atoms with van der Waals surface area (Å²) in [5.41, 5.74) is 4.84. The van der Waals surface area contributed by atoms with E-state index in [9.17, 15) is 14.3 Å². The molecule has 160 valence electrons. The number of benzene rings is 2. The number of esters is 1. The van der Waals surface area contributed by atoms with Gasteiger partial charge in [0, 0.05) is 28.9 Å². The first kappa shape index (κ1) is 21.2. The minimum atomic E-state index is -0.677. The second-order valence-corrected chi connectivity index (χ2v) is 7.98. The van der Waals surface area contributed by atoms with Crippen LogP contribution in [0.1, 0.15) is 49.3 Å². The van der Waals surface area contributed by atoms with Crippen molar-refractivity contribution in [2.45, 2.75) is 44.1 Å². The van der Waals surface area contributed by atoms with Crippen molar-refractivity contribution in [3.8, 4) is 11.1 Å². The van der Waals surface area contributed by atoms with Crippen molar-refractivity contribution in [2.75, 3.05) is 7.11 Å². The number of ether oxygens (including phenoxy) is 1. The van der Waals surface area contributed by atoms with Gasteiger partial charge in [-0.1, -0.05) is 42.5 Å². The zero-order valence-corrected chi connectivity index (χ0v) is 17.6. The first-order valence-electron chi connectivity index (χ1n) is 10.7. The number of aliphatic hydroxyl groups excluding tert-OH is 1. The Kier molecular flexibility index (Phi) is 6.42. The number of aromatic nitrogens is 1. The lowest BCUT2D eigenvalue weighted by Gasteiger charge is -2.16. The molecular weight excluding hydrogens is 393 g/mol. The van der Waals surface area contributed by atoms with Crippen molar-refractivity contribution in [2.24, 2.45) is 0 Å². The molecule has 1 aliphatic carbocycles. The highest BCUT2D eigenvalue weighted by atomic mass is 19.1. The predicted octanol–water partition coefficient (Wildman–Crippen LogP) is 5.64. The van der Waals surface area contributed by atoms with Crippen LogP contribution in [0.25, 0.3) is 28.1 Å². The number of para-hydroxylation sites is 1. The monoisotopic (exact) mass is 419 g/mol. The third-order valence-corrected chi connectivity index (χ3v) is 5.65. The zero-order chi connectivity index (χ0) is 21.8. The van der Waals surface area contributed by atoms with Crippen molar-refractivity contribution in [1.29, 1.82) is 0 Å². The average Bonchev–Trinajstić information content (AvgIpc) is 3.62. The van der Waals surface area contributed by atoms with Crippen LogP contribution in [0.4, 0.5) is 4.39 Å². The Morgan fingerprint density at radius 2 is 1.97 bits per heavy atom. The fourth-order valence-corrected chi connectivity index (χ4v) is 3.87. The van der Waals surface area contributed by atoms with Gasteiger partial charge in [0.15, 0.2) is 0 Å². The van der Waals surface area contributed by atoms with Gasteiger partial charge in [-0.3, -0.25) is 9.78 Å². The van der Waals surface area contributed by atoms with Crippen molar-refractivity contribution in [3.63, 3.8) is 0 Å². The molecule has 1 atom stereocenters. The molecule has 0 aliphatic heterocycles. The van der Waals surface area contributed by atoms with Crippen molar-refractivity contribution >= 4 is 22.9 Å². The van der Waals surface area contributed by atoms with Gasteiger partial charge < -0.3 is 9.84 Å². The van der Waals surface area contributed by atoms with Gasteiger partial charge >= 0.3 is 5.97 Å². The number of carbonyl (C=O) groups excluding carboxylic acids is 1. The van der Waals surface area contributed by atoms with Crippen LogP contribution in [0, 0.1) is 5.82 Å². The standard InChI is InChI=1S/C26H26FNO3/c1-31-24(30)8-4-5-20(29)15-16-22-25(17-11-13-19(27)14-12-17)21-6-2-3-7-23(21)28-26(22)18-9-10-18/h2-3,6-7,11-16,18,20,29H,4-5,8-10H2,1H3/b16-15+. The molecule has 1 heterocycles. The van der Waals surface area contributed by atoms with Crippen LogP contribution in [0.5, 0.6) is 0 Å². The third kappa shape index (κ3) is 5.00. The van der Waals surface area contributed by atoms with Gasteiger partial charge in [-0.2, -0.15) is 0 Å². The molecule has 5 heteroatoms. The Hall–Kier alpha value is -3.05. The SMILES string of the molecule is COC(=O)CCCC(O)/C=C/c1c(C2CC2)nc2ccccc2c1-c1ccc(F)cc1. The van der Waals surface area contributed by atoms with E-state index in [0.717, 1.165) is 46.1 Å². The van der Waals surface area contributed by atoms with Gasteiger partial charge in [0.05, 0.1) is 24.4 Å². The summed E-state index contributed by atoms with van der Waals surface area (Å²) in [6.07, 6.45) is 6.52. The van der Waals surface area contributed by atoms with Crippen molar-refractivity contribution in [3.05, 3.63) is 71.7 Å². The zero-order valence-electron chi connectivity index (χ0n) is 17.6. The van der Waals surface area contributed by atoms with E-state index in [-0.39, 0.29) is 18.2 Å². The highest BCUT2D eigenvalue weighted by Gasteiger charge is 2.29. The average molecular weight is 419 g/mol. The van der Waals surface area contributed by atoms with Crippen LogP contribution in [-0.2, 0) is 9.53 Å². The number of nitrogens with zero attached hydrogens (tertiary/aromatic N) is 1. The van der Waals surface area contributed by atoms with Gasteiger partial charge in [-0.15, -0.1) is 0 Å². The van der Waals surface area contributed by atoms with Gasteiger partial charge in [0.25, 0.3) is 0 Å². The molecule has 0 bridgehead atoms. The minimum Gasteiger partial charge on any atom is -0.469 e. The van der Waals surface area contributed by atoms with Crippen LogP contribution in [0.15, 0.2) is 54.6 Å². The summed E-state index contributed by atoms with van der Waals surface area (Å²) < 4.78 is 18.2. The van der Waals surface area contributed by atoms with Gasteiger partial charge in [0.2, 0.25) is 0 Å². The molecule has 31 heavy (non-hydrogen) atoms. The van der Waals surface area contributed by atoms with E-state index in [1.165, 1.54) is 19.2 Å². The summed E-state index contributed by atoms with van der Waals surface area (Å²) in [7, 11) is 1.36. The molecule has 1 unspecified atom stereocenters. The highest BCUT2D eigenvalue weighted by Crippen LogP contribution is 2.45. The second-order valence-electron chi connectivity index (χ2n) is 7.98. The third-order valence-electron chi connectivity index (χ3n) is 5.65. The van der Waals surface area contributed by atoms with E-state index >= 15 is 0 Å². The quantitative estimate of drug-likeness (QED) is 0.480. The van der Waals surface area contributed by atoms with E-state index in [0.29, 0.717) is 18.8 Å². The number of rotatable bonds is 8. The number of pyridine rings is 1. The maximum absolute atomic E-state index is 13.6. The lowest BCUT2D eigenvalue weighted by molar-refractivity contribution is -0.140. The number of methoxy groups -OCH3 is 1. The molecule has 1 aromatic heterocycles. The molecule has 4 nitrogen and oxygen atoms in total. The number of halogens is 1. The fraction of sp³-hybridized carbons (Fsp3) is 0.308. The molecule has 1 saturated carbocycles. The van der Waals surface area contributed by atoms with Crippen LogP contribution >= 0.6 is 0 Å². The molecule has 0 spiro atoms. The van der Waals surface area contributed by atoms with Crippen LogP contribution in [-0.4, -0.2) is 29.3 Å². The molecule has 4 rings (SSSR count). The molecule has 2 aromatic carbocycles. The van der Waals surface area contributed by atoms with Gasteiger partial charge in [-0.25, -0.2) is 4.39 Å². The van der Waals surface area contributed by atoms with Gasteiger partial charge in [0.1, 0.15) is 5.82 Å². The molecule has 0 saturated heterocycles. The van der Waals surface area contributed by atoms with E-state index in [4.69, 9.17) is 4.98 Å². The first-order chi connectivity index (χ1) is 15.1. The Morgan fingerprint density at radius 3 is 2.68 bits per heavy atom. The summed E-state index contributed by atoms with van der Waals surface area (Å²) in [5.74, 6) is -0.146. The molecule has 3 aromatic rings. The van der Waals surface area contributed by atoms with Crippen molar-refractivity contribution in [1.82, 2.24) is 4.98 Å². The van der Waals surface area contributed by atoms with Gasteiger partial charge in [-0.05, 0) is 49.4 Å². The maximum Gasteiger partial charge on any atom is 0.305 e. The Morgan fingerprint density at radius 1 is 1.23 bits per heavy atom. The molecule has 1 fully saturated rings. The normalized spacial score (nSPS) is 14.8. The number of hydrogen-bond donors (Lipinski definition) is 1. The highest BCUT2D eigenvalue weighted by molar-refractivity contribution is 5.99. The van der Waals surface area contributed by atoms with E-state index in [1.807, 2.05) is 30.3 Å². The van der Waals surface area contributed by atoms with Crippen molar-refractivity contribution < 1.29 is 19.0 Å². The summed E-state index contributed by atoms with van der Waals surface area (Å²) >= 11 is 0. The Balaban J connectivity index is 1.74. The molecular formula is C26H26FNO3.